The molecule has 90 valence electrons. The molecule has 1 rings (SSSR count). The summed E-state index contributed by atoms with van der Waals surface area (Å²) in [4.78, 5) is 0. The summed E-state index contributed by atoms with van der Waals surface area (Å²) in [6.07, 6.45) is 0. The monoisotopic (exact) mass is 244 g/mol. The van der Waals surface area contributed by atoms with Crippen molar-refractivity contribution in [2.45, 2.75) is 26.2 Å². The van der Waals surface area contributed by atoms with Crippen LogP contribution in [0.2, 0.25) is 5.02 Å². The number of phenols is 1. The summed E-state index contributed by atoms with van der Waals surface area (Å²) >= 11 is 6.05. The van der Waals surface area contributed by atoms with Gasteiger partial charge in [0.25, 0.3) is 0 Å². The van der Waals surface area contributed by atoms with E-state index in [4.69, 9.17) is 16.3 Å². The Morgan fingerprint density at radius 2 is 2.00 bits per heavy atom. The van der Waals surface area contributed by atoms with E-state index in [1.54, 1.807) is 13.0 Å². The van der Waals surface area contributed by atoms with Crippen LogP contribution in [0.25, 0.3) is 0 Å². The van der Waals surface area contributed by atoms with Crippen molar-refractivity contribution in [2.24, 2.45) is 0 Å². The Balaban J connectivity index is 3.45. The number of rotatable bonds is 3. The molecule has 16 heavy (non-hydrogen) atoms. The Morgan fingerprint density at radius 3 is 2.44 bits per heavy atom. The summed E-state index contributed by atoms with van der Waals surface area (Å²) < 4.78 is 5.10. The molecule has 1 aromatic rings. The average molecular weight is 245 g/mol. The van der Waals surface area contributed by atoms with Gasteiger partial charge in [-0.2, -0.15) is 0 Å². The van der Waals surface area contributed by atoms with Gasteiger partial charge >= 0.3 is 0 Å². The van der Waals surface area contributed by atoms with Gasteiger partial charge < -0.3 is 14.9 Å². The van der Waals surface area contributed by atoms with Gasteiger partial charge in [-0.25, -0.2) is 0 Å². The van der Waals surface area contributed by atoms with Crippen molar-refractivity contribution in [1.29, 1.82) is 0 Å². The van der Waals surface area contributed by atoms with Gasteiger partial charge in [-0.05, 0) is 13.0 Å². The van der Waals surface area contributed by atoms with Gasteiger partial charge in [0.15, 0.2) is 0 Å². The van der Waals surface area contributed by atoms with Crippen molar-refractivity contribution in [3.8, 4) is 11.5 Å². The van der Waals surface area contributed by atoms with Gasteiger partial charge in [-0.15, -0.1) is 0 Å². The highest BCUT2D eigenvalue weighted by atomic mass is 35.5. The fourth-order valence-corrected chi connectivity index (χ4v) is 1.93. The number of ether oxygens (including phenoxy) is 1. The number of aliphatic hydroxyl groups excluding tert-OH is 1. The first kappa shape index (κ1) is 13.1. The zero-order valence-corrected chi connectivity index (χ0v) is 10.7. The second-order valence-corrected chi connectivity index (χ2v) is 4.86. The molecule has 1 aromatic carbocycles. The molecule has 0 aromatic heterocycles. The van der Waals surface area contributed by atoms with Gasteiger partial charge in [0.1, 0.15) is 11.5 Å². The summed E-state index contributed by atoms with van der Waals surface area (Å²) in [6.45, 7) is 5.34. The number of hydrogen-bond donors (Lipinski definition) is 2. The van der Waals surface area contributed by atoms with Crippen LogP contribution in [0.4, 0.5) is 0 Å². The van der Waals surface area contributed by atoms with Crippen LogP contribution in [-0.2, 0) is 5.41 Å². The van der Waals surface area contributed by atoms with Crippen LogP contribution in [0.3, 0.4) is 0 Å². The fourth-order valence-electron chi connectivity index (χ4n) is 1.60. The number of benzene rings is 1. The maximum atomic E-state index is 10.1. The van der Waals surface area contributed by atoms with Crippen LogP contribution >= 0.6 is 11.6 Å². The van der Waals surface area contributed by atoms with Crippen molar-refractivity contribution >= 4 is 11.6 Å². The molecule has 0 heterocycles. The molecule has 0 aliphatic carbocycles. The Kier molecular flexibility index (Phi) is 3.71. The molecular formula is C12H17ClO3. The van der Waals surface area contributed by atoms with E-state index in [1.165, 1.54) is 7.11 Å². The third kappa shape index (κ3) is 2.11. The lowest BCUT2D eigenvalue weighted by Crippen LogP contribution is -2.22. The Hall–Kier alpha value is -0.930. The lowest BCUT2D eigenvalue weighted by atomic mass is 9.84. The molecule has 0 aliphatic heterocycles. The minimum atomic E-state index is -0.537. The number of aromatic hydroxyl groups is 1. The molecule has 0 bridgehead atoms. The Bertz CT molecular complexity index is 400. The summed E-state index contributed by atoms with van der Waals surface area (Å²) in [5, 5.41) is 19.8. The molecule has 0 radical (unpaired) electrons. The second-order valence-electron chi connectivity index (χ2n) is 4.45. The fraction of sp³-hybridized carbons (Fsp3) is 0.500. The first-order valence-corrected chi connectivity index (χ1v) is 5.40. The number of hydrogen-bond acceptors (Lipinski definition) is 3. The normalized spacial score (nSPS) is 11.6. The Morgan fingerprint density at radius 1 is 1.44 bits per heavy atom. The van der Waals surface area contributed by atoms with Crippen LogP contribution < -0.4 is 4.74 Å². The van der Waals surface area contributed by atoms with Gasteiger partial charge in [0.2, 0.25) is 0 Å². The van der Waals surface area contributed by atoms with Crippen LogP contribution in [0.15, 0.2) is 6.07 Å². The van der Waals surface area contributed by atoms with Gasteiger partial charge in [-0.1, -0.05) is 25.4 Å². The highest BCUT2D eigenvalue weighted by Gasteiger charge is 2.26. The van der Waals surface area contributed by atoms with E-state index >= 15 is 0 Å². The molecule has 0 atom stereocenters. The minimum absolute atomic E-state index is 0.0668. The molecule has 0 saturated heterocycles. The summed E-state index contributed by atoms with van der Waals surface area (Å²) in [5.41, 5.74) is 0.676. The topological polar surface area (TPSA) is 49.7 Å². The van der Waals surface area contributed by atoms with Crippen LogP contribution in [0.5, 0.6) is 11.5 Å². The third-order valence-electron chi connectivity index (χ3n) is 2.77. The maximum absolute atomic E-state index is 10.1. The van der Waals surface area contributed by atoms with Crippen LogP contribution in [-0.4, -0.2) is 23.9 Å². The minimum Gasteiger partial charge on any atom is -0.507 e. The van der Waals surface area contributed by atoms with E-state index in [1.807, 2.05) is 13.8 Å². The SMILES string of the molecule is COc1c(Cl)cc(C(C)(C)CO)c(O)c1C. The molecular weight excluding hydrogens is 228 g/mol. The molecule has 0 saturated carbocycles. The van der Waals surface area contributed by atoms with Gasteiger partial charge in [0, 0.05) is 16.5 Å². The lowest BCUT2D eigenvalue weighted by Gasteiger charge is -2.25. The number of halogens is 1. The molecule has 0 spiro atoms. The molecule has 0 fully saturated rings. The van der Waals surface area contributed by atoms with Crippen molar-refractivity contribution in [3.63, 3.8) is 0 Å². The highest BCUT2D eigenvalue weighted by Crippen LogP contribution is 2.41. The van der Waals surface area contributed by atoms with E-state index in [9.17, 15) is 10.2 Å². The number of phenolic OH excluding ortho intramolecular Hbond substituents is 1. The Labute approximate surface area is 101 Å². The third-order valence-corrected chi connectivity index (χ3v) is 3.05. The van der Waals surface area contributed by atoms with E-state index in [0.717, 1.165) is 0 Å². The summed E-state index contributed by atoms with van der Waals surface area (Å²) in [6, 6.07) is 1.64. The second kappa shape index (κ2) is 4.52. The standard InChI is InChI=1S/C12H17ClO3/c1-7-10(15)8(12(2,3)6-14)5-9(13)11(7)16-4/h5,14-15H,6H2,1-4H3. The molecule has 0 amide bonds. The molecule has 2 N–H and O–H groups in total. The molecule has 0 unspecified atom stereocenters. The molecule has 4 heteroatoms. The van der Waals surface area contributed by atoms with Gasteiger partial charge in [0.05, 0.1) is 18.7 Å². The highest BCUT2D eigenvalue weighted by molar-refractivity contribution is 6.32. The first-order chi connectivity index (χ1) is 7.35. The van der Waals surface area contributed by atoms with E-state index in [-0.39, 0.29) is 12.4 Å². The van der Waals surface area contributed by atoms with Gasteiger partial charge in [-0.3, -0.25) is 0 Å². The summed E-state index contributed by atoms with van der Waals surface area (Å²) in [5.74, 6) is 0.594. The zero-order valence-electron chi connectivity index (χ0n) is 9.97. The quantitative estimate of drug-likeness (QED) is 0.860. The van der Waals surface area contributed by atoms with Crippen molar-refractivity contribution in [2.75, 3.05) is 13.7 Å². The predicted octanol–water partition coefficient (Wildman–Crippen LogP) is 2.63. The molecule has 3 nitrogen and oxygen atoms in total. The maximum Gasteiger partial charge on any atom is 0.144 e. The van der Waals surface area contributed by atoms with Crippen molar-refractivity contribution in [3.05, 3.63) is 22.2 Å². The zero-order chi connectivity index (χ0) is 12.5. The predicted molar refractivity (Wildman–Crippen MR) is 64.5 cm³/mol. The van der Waals surface area contributed by atoms with E-state index < -0.39 is 5.41 Å². The first-order valence-electron chi connectivity index (χ1n) is 5.02. The number of aliphatic hydroxyl groups is 1. The van der Waals surface area contributed by atoms with Crippen molar-refractivity contribution < 1.29 is 14.9 Å². The van der Waals surface area contributed by atoms with E-state index in [2.05, 4.69) is 0 Å². The van der Waals surface area contributed by atoms with Crippen molar-refractivity contribution in [1.82, 2.24) is 0 Å². The lowest BCUT2D eigenvalue weighted by molar-refractivity contribution is 0.215. The molecule has 0 aliphatic rings. The largest absolute Gasteiger partial charge is 0.507 e. The summed E-state index contributed by atoms with van der Waals surface area (Å²) in [7, 11) is 1.50. The van der Waals surface area contributed by atoms with Crippen LogP contribution in [0, 0.1) is 6.92 Å². The number of methoxy groups -OCH3 is 1. The smallest absolute Gasteiger partial charge is 0.144 e. The van der Waals surface area contributed by atoms with E-state index in [0.29, 0.717) is 21.9 Å². The average Bonchev–Trinajstić information content (AvgIpc) is 2.24. The van der Waals surface area contributed by atoms with Crippen LogP contribution in [0.1, 0.15) is 25.0 Å².